The van der Waals surface area contributed by atoms with Crippen LogP contribution in [0.15, 0.2) is 41.6 Å². The van der Waals surface area contributed by atoms with Crippen LogP contribution in [0.4, 0.5) is 4.39 Å². The molecule has 5 heteroatoms. The van der Waals surface area contributed by atoms with Crippen LogP contribution < -0.4 is 0 Å². The molecule has 0 fully saturated rings. The van der Waals surface area contributed by atoms with Crippen LogP contribution >= 0.6 is 11.8 Å². The van der Waals surface area contributed by atoms with Crippen LogP contribution in [0.5, 0.6) is 0 Å². The maximum atomic E-state index is 12.8. The van der Waals surface area contributed by atoms with Crippen molar-refractivity contribution in [1.82, 2.24) is 9.78 Å². The summed E-state index contributed by atoms with van der Waals surface area (Å²) < 4.78 is 14.5. The van der Waals surface area contributed by atoms with Crippen molar-refractivity contribution in [3.8, 4) is 0 Å². The van der Waals surface area contributed by atoms with Crippen LogP contribution in [-0.4, -0.2) is 20.8 Å². The lowest BCUT2D eigenvalue weighted by Gasteiger charge is -2.08. The number of aromatic nitrogens is 2. The first kappa shape index (κ1) is 12.8. The second-order valence-corrected chi connectivity index (χ2v) is 5.40. The molecule has 0 N–H and O–H groups in total. The van der Waals surface area contributed by atoms with Gasteiger partial charge in [-0.3, -0.25) is 9.48 Å². The number of hydrogen-bond acceptors (Lipinski definition) is 3. The van der Waals surface area contributed by atoms with Gasteiger partial charge < -0.3 is 0 Å². The summed E-state index contributed by atoms with van der Waals surface area (Å²) in [5, 5.41) is 3.83. The number of benzene rings is 1. The van der Waals surface area contributed by atoms with Gasteiger partial charge in [0, 0.05) is 23.7 Å². The topological polar surface area (TPSA) is 34.9 Å². The highest BCUT2D eigenvalue weighted by molar-refractivity contribution is 8.00. The molecule has 0 saturated carbocycles. The number of halogens is 1. The van der Waals surface area contributed by atoms with Crippen molar-refractivity contribution in [2.45, 2.75) is 17.1 Å². The van der Waals surface area contributed by atoms with E-state index in [9.17, 15) is 9.18 Å². The van der Waals surface area contributed by atoms with Crippen molar-refractivity contribution >= 4 is 17.5 Å². The van der Waals surface area contributed by atoms with Gasteiger partial charge in [-0.05, 0) is 31.2 Å². The Morgan fingerprint density at radius 2 is 2.06 bits per heavy atom. The summed E-state index contributed by atoms with van der Waals surface area (Å²) in [5.74, 6) is -0.344. The Labute approximate surface area is 109 Å². The number of rotatable bonds is 4. The summed E-state index contributed by atoms with van der Waals surface area (Å²) in [6.45, 7) is 1.84. The van der Waals surface area contributed by atoms with Crippen molar-refractivity contribution in [3.63, 3.8) is 0 Å². The molecule has 2 aromatic rings. The minimum absolute atomic E-state index is 0.0103. The molecule has 0 saturated heterocycles. The molecule has 0 aliphatic rings. The van der Waals surface area contributed by atoms with E-state index in [0.29, 0.717) is 5.56 Å². The van der Waals surface area contributed by atoms with Gasteiger partial charge in [-0.1, -0.05) is 0 Å². The fourth-order valence-electron chi connectivity index (χ4n) is 1.57. The Morgan fingerprint density at radius 1 is 1.39 bits per heavy atom. The molecule has 0 aliphatic carbocycles. The van der Waals surface area contributed by atoms with Gasteiger partial charge in [0.15, 0.2) is 5.78 Å². The molecule has 0 aliphatic heterocycles. The molecular formula is C13H13FN2OS. The lowest BCUT2D eigenvalue weighted by Crippen LogP contribution is -2.13. The Kier molecular flexibility index (Phi) is 3.81. The largest absolute Gasteiger partial charge is 0.293 e. The monoisotopic (exact) mass is 264 g/mol. The highest BCUT2D eigenvalue weighted by Gasteiger charge is 2.17. The van der Waals surface area contributed by atoms with Gasteiger partial charge in [0.05, 0.1) is 11.4 Å². The van der Waals surface area contributed by atoms with Crippen molar-refractivity contribution in [2.75, 3.05) is 0 Å². The lowest BCUT2D eigenvalue weighted by atomic mass is 10.1. The number of nitrogens with zero attached hydrogens (tertiary/aromatic N) is 2. The number of carbonyl (C=O) groups excluding carboxylic acids is 1. The van der Waals surface area contributed by atoms with E-state index in [-0.39, 0.29) is 16.9 Å². The van der Waals surface area contributed by atoms with Gasteiger partial charge in [-0.25, -0.2) is 4.39 Å². The molecule has 0 amide bonds. The maximum absolute atomic E-state index is 12.8. The molecule has 0 radical (unpaired) electrons. The Balaban J connectivity index is 2.07. The summed E-state index contributed by atoms with van der Waals surface area (Å²) in [5.41, 5.74) is 0.528. The zero-order valence-corrected chi connectivity index (χ0v) is 10.9. The molecule has 18 heavy (non-hydrogen) atoms. The van der Waals surface area contributed by atoms with Gasteiger partial charge in [-0.15, -0.1) is 11.8 Å². The number of thioether (sulfide) groups is 1. The highest BCUT2D eigenvalue weighted by atomic mass is 32.2. The smallest absolute Gasteiger partial charge is 0.175 e. The summed E-state index contributed by atoms with van der Waals surface area (Å²) in [6, 6.07) is 5.62. The fraction of sp³-hybridized carbons (Fsp3) is 0.231. The SMILES string of the molecule is CC(Sc1cnn(C)c1)C(=O)c1ccc(F)cc1. The molecule has 0 spiro atoms. The lowest BCUT2D eigenvalue weighted by molar-refractivity contribution is 0.0994. The summed E-state index contributed by atoms with van der Waals surface area (Å²) >= 11 is 1.44. The van der Waals surface area contributed by atoms with E-state index >= 15 is 0 Å². The predicted molar refractivity (Wildman–Crippen MR) is 69.3 cm³/mol. The Morgan fingerprint density at radius 3 is 2.61 bits per heavy atom. The Hall–Kier alpha value is -1.62. The molecule has 1 aromatic carbocycles. The number of ketones is 1. The van der Waals surface area contributed by atoms with Gasteiger partial charge in [0.2, 0.25) is 0 Å². The second-order valence-electron chi connectivity index (χ2n) is 3.98. The van der Waals surface area contributed by atoms with Crippen LogP contribution in [0, 0.1) is 5.82 Å². The number of Topliss-reactive ketones (excluding diaryl/α,β-unsaturated/α-hetero) is 1. The molecule has 94 valence electrons. The number of carbonyl (C=O) groups is 1. The van der Waals surface area contributed by atoms with Crippen LogP contribution in [0.2, 0.25) is 0 Å². The van der Waals surface area contributed by atoms with Crippen molar-refractivity contribution in [2.24, 2.45) is 7.05 Å². The first-order valence-electron chi connectivity index (χ1n) is 5.51. The van der Waals surface area contributed by atoms with E-state index in [1.165, 1.54) is 36.0 Å². The third-order valence-electron chi connectivity index (χ3n) is 2.49. The van der Waals surface area contributed by atoms with Crippen molar-refractivity contribution < 1.29 is 9.18 Å². The normalized spacial score (nSPS) is 12.4. The quantitative estimate of drug-likeness (QED) is 0.629. The van der Waals surface area contributed by atoms with E-state index in [4.69, 9.17) is 0 Å². The molecule has 0 bridgehead atoms. The van der Waals surface area contributed by atoms with E-state index in [1.807, 2.05) is 20.2 Å². The summed E-state index contributed by atoms with van der Waals surface area (Å²) in [7, 11) is 1.83. The standard InChI is InChI=1S/C13H13FN2OS/c1-9(18-12-7-15-16(2)8-12)13(17)10-3-5-11(14)6-4-10/h3-9H,1-2H3. The average molecular weight is 264 g/mol. The number of aryl methyl sites for hydroxylation is 1. The van der Waals surface area contributed by atoms with Crippen molar-refractivity contribution in [1.29, 1.82) is 0 Å². The average Bonchev–Trinajstić information content (AvgIpc) is 2.75. The first-order valence-corrected chi connectivity index (χ1v) is 6.39. The van der Waals surface area contributed by atoms with E-state index in [1.54, 1.807) is 10.9 Å². The second kappa shape index (κ2) is 5.35. The van der Waals surface area contributed by atoms with Gasteiger partial charge in [0.1, 0.15) is 5.82 Å². The Bertz CT molecular complexity index is 550. The zero-order chi connectivity index (χ0) is 13.1. The molecular weight excluding hydrogens is 251 g/mol. The van der Waals surface area contributed by atoms with E-state index in [0.717, 1.165) is 4.90 Å². The molecule has 2 rings (SSSR count). The minimum atomic E-state index is -0.334. The van der Waals surface area contributed by atoms with Crippen LogP contribution in [-0.2, 0) is 7.05 Å². The molecule has 1 aromatic heterocycles. The summed E-state index contributed by atoms with van der Waals surface area (Å²) in [6.07, 6.45) is 3.58. The fourth-order valence-corrected chi connectivity index (χ4v) is 2.54. The first-order chi connectivity index (χ1) is 8.56. The maximum Gasteiger partial charge on any atom is 0.175 e. The third kappa shape index (κ3) is 2.98. The molecule has 1 unspecified atom stereocenters. The number of hydrogen-bond donors (Lipinski definition) is 0. The minimum Gasteiger partial charge on any atom is -0.293 e. The van der Waals surface area contributed by atoms with Gasteiger partial charge >= 0.3 is 0 Å². The van der Waals surface area contributed by atoms with Gasteiger partial charge in [-0.2, -0.15) is 5.10 Å². The van der Waals surface area contributed by atoms with Crippen LogP contribution in [0.25, 0.3) is 0 Å². The molecule has 3 nitrogen and oxygen atoms in total. The zero-order valence-electron chi connectivity index (χ0n) is 10.1. The van der Waals surface area contributed by atoms with E-state index < -0.39 is 0 Å². The summed E-state index contributed by atoms with van der Waals surface area (Å²) in [4.78, 5) is 13.0. The molecule has 1 heterocycles. The highest BCUT2D eigenvalue weighted by Crippen LogP contribution is 2.24. The van der Waals surface area contributed by atoms with Crippen LogP contribution in [0.3, 0.4) is 0 Å². The third-order valence-corrected chi connectivity index (χ3v) is 3.54. The molecule has 1 atom stereocenters. The van der Waals surface area contributed by atoms with E-state index in [2.05, 4.69) is 5.10 Å². The van der Waals surface area contributed by atoms with Gasteiger partial charge in [0.25, 0.3) is 0 Å². The predicted octanol–water partition coefficient (Wildman–Crippen LogP) is 2.92. The van der Waals surface area contributed by atoms with Crippen LogP contribution in [0.1, 0.15) is 17.3 Å². The van der Waals surface area contributed by atoms with Crippen molar-refractivity contribution in [3.05, 3.63) is 48.0 Å².